The van der Waals surface area contributed by atoms with E-state index in [4.69, 9.17) is 0 Å². The fourth-order valence-electron chi connectivity index (χ4n) is 1.74. The number of carbonyl (C=O) groups is 2. The number of carbonyl (C=O) groups excluding carboxylic acids is 2. The van der Waals surface area contributed by atoms with Crippen molar-refractivity contribution in [1.29, 1.82) is 0 Å². The molecule has 0 bridgehead atoms. The second kappa shape index (κ2) is 6.36. The van der Waals surface area contributed by atoms with Crippen LogP contribution in [-0.4, -0.2) is 16.9 Å². The van der Waals surface area contributed by atoms with Gasteiger partial charge in [0.15, 0.2) is 17.5 Å². The van der Waals surface area contributed by atoms with E-state index in [0.29, 0.717) is 18.2 Å². The fourth-order valence-corrected chi connectivity index (χ4v) is 1.74. The highest BCUT2D eigenvalue weighted by molar-refractivity contribution is 5.93. The molecule has 0 amide bonds. The Labute approximate surface area is 131 Å². The lowest BCUT2D eigenvalue weighted by molar-refractivity contribution is -0.385. The van der Waals surface area contributed by atoms with E-state index in [1.807, 2.05) is 0 Å². The van der Waals surface area contributed by atoms with Crippen LogP contribution >= 0.6 is 0 Å². The predicted molar refractivity (Wildman–Crippen MR) is 68.7 cm³/mol. The van der Waals surface area contributed by atoms with Gasteiger partial charge >= 0.3 is 5.97 Å². The molecular formula is C14H5F3NO6-. The number of halogens is 3. The highest BCUT2D eigenvalue weighted by atomic mass is 19.2. The molecule has 0 saturated heterocycles. The van der Waals surface area contributed by atoms with Crippen LogP contribution in [0.4, 0.5) is 18.9 Å². The van der Waals surface area contributed by atoms with Gasteiger partial charge in [0.2, 0.25) is 0 Å². The molecule has 0 aliphatic rings. The van der Waals surface area contributed by atoms with Crippen molar-refractivity contribution >= 4 is 17.6 Å². The smallest absolute Gasteiger partial charge is 0.343 e. The topological polar surface area (TPSA) is 110 Å². The van der Waals surface area contributed by atoms with Gasteiger partial charge in [-0.15, -0.1) is 0 Å². The molecule has 0 aliphatic heterocycles. The van der Waals surface area contributed by atoms with E-state index < -0.39 is 56.9 Å². The maximum Gasteiger partial charge on any atom is 0.343 e. The summed E-state index contributed by atoms with van der Waals surface area (Å²) in [5.41, 5.74) is -2.34. The molecule has 0 fully saturated rings. The van der Waals surface area contributed by atoms with E-state index in [1.54, 1.807) is 0 Å². The van der Waals surface area contributed by atoms with Crippen LogP contribution in [0, 0.1) is 27.6 Å². The third-order valence-electron chi connectivity index (χ3n) is 2.81. The SMILES string of the molecule is O=C(Oc1ccc([N+](=O)[O-])c(C(=O)[O-])c1)c1cc(F)c(F)c(F)c1. The highest BCUT2D eigenvalue weighted by Gasteiger charge is 2.19. The summed E-state index contributed by atoms with van der Waals surface area (Å²) in [5, 5.41) is 21.5. The van der Waals surface area contributed by atoms with Crippen LogP contribution in [-0.2, 0) is 0 Å². The van der Waals surface area contributed by atoms with Crippen molar-refractivity contribution in [2.75, 3.05) is 0 Å². The van der Waals surface area contributed by atoms with Crippen LogP contribution < -0.4 is 9.84 Å². The minimum Gasteiger partial charge on any atom is -0.545 e. The average molecular weight is 340 g/mol. The standard InChI is InChI=1S/C14H6F3NO6/c15-9-3-6(4-10(16)12(9)17)14(21)24-7-1-2-11(18(22)23)8(5-7)13(19)20/h1-5H,(H,19,20)/p-1. The molecule has 2 rings (SSSR count). The Morgan fingerprint density at radius 1 is 1.04 bits per heavy atom. The molecule has 0 radical (unpaired) electrons. The van der Waals surface area contributed by atoms with Gasteiger partial charge < -0.3 is 14.6 Å². The molecule has 0 atom stereocenters. The first kappa shape index (κ1) is 16.9. The monoisotopic (exact) mass is 340 g/mol. The molecule has 2 aromatic carbocycles. The Kier molecular flexibility index (Phi) is 4.49. The van der Waals surface area contributed by atoms with E-state index in [9.17, 15) is 38.0 Å². The largest absolute Gasteiger partial charge is 0.545 e. The summed E-state index contributed by atoms with van der Waals surface area (Å²) in [6, 6.07) is 3.05. The summed E-state index contributed by atoms with van der Waals surface area (Å²) < 4.78 is 43.6. The minimum atomic E-state index is -1.89. The summed E-state index contributed by atoms with van der Waals surface area (Å²) in [4.78, 5) is 32.3. The summed E-state index contributed by atoms with van der Waals surface area (Å²) >= 11 is 0. The normalized spacial score (nSPS) is 10.3. The Hall–Kier alpha value is -3.43. The molecule has 0 aromatic heterocycles. The number of hydrogen-bond acceptors (Lipinski definition) is 6. The summed E-state index contributed by atoms with van der Waals surface area (Å²) in [6.45, 7) is 0. The van der Waals surface area contributed by atoms with Gasteiger partial charge in [-0.05, 0) is 24.3 Å². The van der Waals surface area contributed by atoms with Crippen LogP contribution in [0.15, 0.2) is 30.3 Å². The number of benzene rings is 2. The number of ether oxygens (including phenoxy) is 1. The minimum absolute atomic E-state index is 0.381. The van der Waals surface area contributed by atoms with Gasteiger partial charge in [-0.2, -0.15) is 0 Å². The van der Waals surface area contributed by atoms with Gasteiger partial charge in [-0.25, -0.2) is 18.0 Å². The van der Waals surface area contributed by atoms with Crippen molar-refractivity contribution < 1.29 is 37.5 Å². The lowest BCUT2D eigenvalue weighted by atomic mass is 10.1. The molecule has 24 heavy (non-hydrogen) atoms. The molecule has 0 saturated carbocycles. The Balaban J connectivity index is 2.34. The van der Waals surface area contributed by atoms with E-state index in [-0.39, 0.29) is 0 Å². The molecule has 0 heterocycles. The first-order valence-corrected chi connectivity index (χ1v) is 6.07. The van der Waals surface area contributed by atoms with Crippen LogP contribution in [0.3, 0.4) is 0 Å². The first-order chi connectivity index (χ1) is 11.2. The van der Waals surface area contributed by atoms with Crippen molar-refractivity contribution in [3.63, 3.8) is 0 Å². The summed E-state index contributed by atoms with van der Waals surface area (Å²) in [7, 11) is 0. The number of rotatable bonds is 4. The number of hydrogen-bond donors (Lipinski definition) is 0. The molecule has 2 aromatic rings. The molecule has 7 nitrogen and oxygen atoms in total. The highest BCUT2D eigenvalue weighted by Crippen LogP contribution is 2.24. The van der Waals surface area contributed by atoms with Gasteiger partial charge in [0.05, 0.1) is 22.0 Å². The first-order valence-electron chi connectivity index (χ1n) is 6.07. The molecular weight excluding hydrogens is 335 g/mol. The lowest BCUT2D eigenvalue weighted by Crippen LogP contribution is -2.23. The zero-order valence-electron chi connectivity index (χ0n) is 11.4. The molecule has 0 unspecified atom stereocenters. The van der Waals surface area contributed by atoms with Gasteiger partial charge in [0.25, 0.3) is 5.69 Å². The number of aromatic carboxylic acids is 1. The van der Waals surface area contributed by atoms with Crippen molar-refractivity contribution in [2.45, 2.75) is 0 Å². The molecule has 124 valence electrons. The van der Waals surface area contributed by atoms with Crippen LogP contribution in [0.2, 0.25) is 0 Å². The maximum atomic E-state index is 13.1. The van der Waals surface area contributed by atoms with Gasteiger partial charge in [-0.3, -0.25) is 10.1 Å². The van der Waals surface area contributed by atoms with Crippen molar-refractivity contribution in [1.82, 2.24) is 0 Å². The van der Waals surface area contributed by atoms with Crippen LogP contribution in [0.25, 0.3) is 0 Å². The molecule has 10 heteroatoms. The van der Waals surface area contributed by atoms with Crippen molar-refractivity contribution in [2.24, 2.45) is 0 Å². The van der Waals surface area contributed by atoms with Gasteiger partial charge in [0.1, 0.15) is 5.75 Å². The van der Waals surface area contributed by atoms with Crippen LogP contribution in [0.5, 0.6) is 5.75 Å². The van der Waals surface area contributed by atoms with E-state index >= 15 is 0 Å². The molecule has 0 spiro atoms. The number of nitro groups is 1. The van der Waals surface area contributed by atoms with E-state index in [2.05, 4.69) is 4.74 Å². The Bertz CT molecular complexity index is 845. The summed E-state index contributed by atoms with van der Waals surface area (Å²) in [5.74, 6) is -8.69. The number of carboxylic acid groups (broad SMARTS) is 1. The Morgan fingerprint density at radius 3 is 2.12 bits per heavy atom. The van der Waals surface area contributed by atoms with Gasteiger partial charge in [0, 0.05) is 6.07 Å². The van der Waals surface area contributed by atoms with Gasteiger partial charge in [-0.1, -0.05) is 0 Å². The maximum absolute atomic E-state index is 13.1. The lowest BCUT2D eigenvalue weighted by Gasteiger charge is -2.08. The Morgan fingerprint density at radius 2 is 1.62 bits per heavy atom. The zero-order chi connectivity index (χ0) is 18.0. The number of nitrogens with zero attached hydrogens (tertiary/aromatic N) is 1. The quantitative estimate of drug-likeness (QED) is 0.275. The molecule has 0 N–H and O–H groups in total. The second-order valence-corrected chi connectivity index (χ2v) is 4.37. The number of carboxylic acids is 1. The third-order valence-corrected chi connectivity index (χ3v) is 2.81. The van der Waals surface area contributed by atoms with Crippen molar-refractivity contribution in [3.8, 4) is 5.75 Å². The second-order valence-electron chi connectivity index (χ2n) is 4.37. The third kappa shape index (κ3) is 3.32. The van der Waals surface area contributed by atoms with Crippen LogP contribution in [0.1, 0.15) is 20.7 Å². The van der Waals surface area contributed by atoms with E-state index in [1.165, 1.54) is 0 Å². The zero-order valence-corrected chi connectivity index (χ0v) is 11.4. The fraction of sp³-hybridized carbons (Fsp3) is 0. The molecule has 0 aliphatic carbocycles. The summed E-state index contributed by atoms with van der Waals surface area (Å²) in [6.07, 6.45) is 0. The van der Waals surface area contributed by atoms with E-state index in [0.717, 1.165) is 12.1 Å². The van der Waals surface area contributed by atoms with Crippen molar-refractivity contribution in [3.05, 3.63) is 69.0 Å². The predicted octanol–water partition coefficient (Wildman–Crippen LogP) is 1.59. The average Bonchev–Trinajstić information content (AvgIpc) is 2.51. The number of esters is 1. The number of nitro benzene ring substituents is 1.